The number of ether oxygens (including phenoxy) is 1. The molecular weight excluding hydrogens is 488 g/mol. The van der Waals surface area contributed by atoms with E-state index in [9.17, 15) is 8.42 Å². The Labute approximate surface area is 216 Å². The van der Waals surface area contributed by atoms with Gasteiger partial charge in [-0.05, 0) is 63.1 Å². The Morgan fingerprint density at radius 3 is 2.76 bits per heavy atom. The van der Waals surface area contributed by atoms with Gasteiger partial charge in [0.1, 0.15) is 5.75 Å². The number of sulfonamides is 1. The largest absolute Gasteiger partial charge is 0.437 e. The van der Waals surface area contributed by atoms with Crippen LogP contribution in [0, 0.1) is 6.92 Å². The second-order valence-corrected chi connectivity index (χ2v) is 11.0. The zero-order valence-electron chi connectivity index (χ0n) is 20.9. The third kappa shape index (κ3) is 5.65. The molecule has 0 saturated carbocycles. The number of rotatable bonds is 8. The van der Waals surface area contributed by atoms with Crippen molar-refractivity contribution < 1.29 is 13.2 Å². The van der Waals surface area contributed by atoms with Gasteiger partial charge in [-0.15, -0.1) is 0 Å². The molecule has 1 saturated heterocycles. The molecule has 2 aromatic carbocycles. The maximum atomic E-state index is 12.2. The summed E-state index contributed by atoms with van der Waals surface area (Å²) < 4.78 is 33.6. The van der Waals surface area contributed by atoms with E-state index in [0.29, 0.717) is 29.0 Å². The van der Waals surface area contributed by atoms with E-state index in [4.69, 9.17) is 9.72 Å². The molecule has 1 aliphatic heterocycles. The smallest absolute Gasteiger partial charge is 0.232 e. The Hall–Kier alpha value is -3.76. The average molecular weight is 519 g/mol. The van der Waals surface area contributed by atoms with Crippen molar-refractivity contribution in [3.63, 3.8) is 0 Å². The summed E-state index contributed by atoms with van der Waals surface area (Å²) in [5, 5.41) is 8.34. The van der Waals surface area contributed by atoms with Crippen LogP contribution in [0.1, 0.15) is 25.3 Å². The third-order valence-electron chi connectivity index (χ3n) is 6.39. The van der Waals surface area contributed by atoms with Crippen LogP contribution in [0.2, 0.25) is 0 Å². The Kier molecular flexibility index (Phi) is 7.20. The molecule has 0 radical (unpaired) electrons. The Balaban J connectivity index is 1.50. The monoisotopic (exact) mass is 518 g/mol. The van der Waals surface area contributed by atoms with Crippen molar-refractivity contribution in [1.82, 2.24) is 20.3 Å². The van der Waals surface area contributed by atoms with Crippen LogP contribution in [0.15, 0.2) is 60.9 Å². The summed E-state index contributed by atoms with van der Waals surface area (Å²) in [4.78, 5) is 13.7. The van der Waals surface area contributed by atoms with Gasteiger partial charge in [0.25, 0.3) is 0 Å². The number of nitrogens with one attached hydrogen (secondary N) is 3. The normalized spacial score (nSPS) is 15.9. The van der Waals surface area contributed by atoms with Crippen LogP contribution in [0.5, 0.6) is 11.6 Å². The van der Waals surface area contributed by atoms with E-state index in [0.717, 1.165) is 47.8 Å². The Morgan fingerprint density at radius 2 is 1.95 bits per heavy atom. The maximum Gasteiger partial charge on any atom is 0.232 e. The molecule has 0 unspecified atom stereocenters. The number of hydrogen-bond donors (Lipinski definition) is 3. The number of fused-ring (bicyclic) bond motifs is 1. The number of nitrogens with zero attached hydrogens (tertiary/aromatic N) is 3. The summed E-state index contributed by atoms with van der Waals surface area (Å²) in [6.45, 7) is 5.47. The Morgan fingerprint density at radius 1 is 1.05 bits per heavy atom. The van der Waals surface area contributed by atoms with Crippen LogP contribution in [-0.4, -0.2) is 48.3 Å². The molecule has 0 bridgehead atoms. The molecule has 3 heterocycles. The lowest BCUT2D eigenvalue weighted by Crippen LogP contribution is -2.38. The zero-order valence-corrected chi connectivity index (χ0v) is 21.7. The second kappa shape index (κ2) is 10.7. The van der Waals surface area contributed by atoms with Gasteiger partial charge >= 0.3 is 0 Å². The summed E-state index contributed by atoms with van der Waals surface area (Å²) in [5.74, 6) is 1.57. The van der Waals surface area contributed by atoms with E-state index in [1.165, 1.54) is 0 Å². The van der Waals surface area contributed by atoms with Gasteiger partial charge < -0.3 is 15.4 Å². The summed E-state index contributed by atoms with van der Waals surface area (Å²) in [6.07, 6.45) is 5.59. The molecular formula is C27H30N6O3S. The van der Waals surface area contributed by atoms with Crippen molar-refractivity contribution in [2.75, 3.05) is 28.9 Å². The number of anilines is 2. The van der Waals surface area contributed by atoms with Crippen molar-refractivity contribution in [1.29, 1.82) is 0 Å². The molecule has 3 N–H and O–H groups in total. The molecule has 2 aromatic heterocycles. The van der Waals surface area contributed by atoms with Crippen molar-refractivity contribution in [3.8, 4) is 22.9 Å². The van der Waals surface area contributed by atoms with Gasteiger partial charge in [-0.3, -0.25) is 4.72 Å². The molecule has 9 nitrogen and oxygen atoms in total. The predicted molar refractivity (Wildman–Crippen MR) is 147 cm³/mol. The lowest BCUT2D eigenvalue weighted by Gasteiger charge is -2.23. The molecule has 1 atom stereocenters. The minimum Gasteiger partial charge on any atom is -0.437 e. The highest BCUT2D eigenvalue weighted by Gasteiger charge is 2.18. The van der Waals surface area contributed by atoms with Crippen molar-refractivity contribution in [2.45, 2.75) is 32.7 Å². The number of piperidine rings is 1. The molecule has 1 fully saturated rings. The molecule has 0 spiro atoms. The van der Waals surface area contributed by atoms with Gasteiger partial charge in [-0.1, -0.05) is 24.3 Å². The minimum absolute atomic E-state index is 0.0110. The number of hydrogen-bond acceptors (Lipinski definition) is 8. The van der Waals surface area contributed by atoms with Crippen LogP contribution in [-0.2, 0) is 10.0 Å². The van der Waals surface area contributed by atoms with Crippen LogP contribution in [0.3, 0.4) is 0 Å². The standard InChI is InChI=1S/C27H30N6O3S/c1-3-37(34,35)33-24-10-4-8-21-20(24)12-11-18(2)25(21)36-26-22(9-6-15-29-26)23-13-16-30-27(32-23)31-19-7-5-14-28-17-19/h4,6,8-13,15-16,19,28,33H,3,5,7,14,17H2,1-2H3,(H,30,31,32)/t19-/m0/s1. The van der Waals surface area contributed by atoms with Gasteiger partial charge in [-0.25, -0.2) is 23.4 Å². The first-order valence-corrected chi connectivity index (χ1v) is 14.0. The molecule has 0 aliphatic carbocycles. The van der Waals surface area contributed by atoms with Crippen LogP contribution in [0.25, 0.3) is 22.0 Å². The summed E-state index contributed by atoms with van der Waals surface area (Å²) in [6, 6.07) is 15.2. The van der Waals surface area contributed by atoms with Gasteiger partial charge in [0.2, 0.25) is 21.9 Å². The fourth-order valence-electron chi connectivity index (χ4n) is 4.40. The maximum absolute atomic E-state index is 12.2. The number of aryl methyl sites for hydroxylation is 1. The van der Waals surface area contributed by atoms with E-state index in [1.54, 1.807) is 25.4 Å². The fourth-order valence-corrected chi connectivity index (χ4v) is 5.06. The molecule has 4 aromatic rings. The molecule has 37 heavy (non-hydrogen) atoms. The number of aromatic nitrogens is 3. The predicted octanol–water partition coefficient (Wildman–Crippen LogP) is 4.72. The van der Waals surface area contributed by atoms with E-state index in [-0.39, 0.29) is 11.8 Å². The van der Waals surface area contributed by atoms with Crippen LogP contribution < -0.4 is 20.1 Å². The zero-order chi connectivity index (χ0) is 25.8. The second-order valence-electron chi connectivity index (χ2n) is 9.03. The quantitative estimate of drug-likeness (QED) is 0.307. The highest BCUT2D eigenvalue weighted by molar-refractivity contribution is 7.92. The van der Waals surface area contributed by atoms with Crippen LogP contribution in [0.4, 0.5) is 11.6 Å². The average Bonchev–Trinajstić information content (AvgIpc) is 2.91. The minimum atomic E-state index is -3.43. The van der Waals surface area contributed by atoms with Crippen LogP contribution >= 0.6 is 0 Å². The van der Waals surface area contributed by atoms with E-state index < -0.39 is 10.0 Å². The first-order valence-electron chi connectivity index (χ1n) is 12.4. The van der Waals surface area contributed by atoms with Crippen molar-refractivity contribution in [3.05, 3.63) is 66.5 Å². The Bertz CT molecular complexity index is 1520. The molecule has 1 aliphatic rings. The van der Waals surface area contributed by atoms with Gasteiger partial charge in [0, 0.05) is 35.8 Å². The summed E-state index contributed by atoms with van der Waals surface area (Å²) in [5.41, 5.74) is 2.83. The van der Waals surface area contributed by atoms with Crippen molar-refractivity contribution >= 4 is 32.4 Å². The first kappa shape index (κ1) is 24.9. The summed E-state index contributed by atoms with van der Waals surface area (Å²) in [7, 11) is -3.43. The van der Waals surface area contributed by atoms with E-state index in [1.807, 2.05) is 49.4 Å². The van der Waals surface area contributed by atoms with Crippen molar-refractivity contribution in [2.24, 2.45) is 0 Å². The molecule has 0 amide bonds. The first-order chi connectivity index (χ1) is 17.9. The van der Waals surface area contributed by atoms with Gasteiger partial charge in [0.05, 0.1) is 22.7 Å². The topological polar surface area (TPSA) is 118 Å². The van der Waals surface area contributed by atoms with Gasteiger partial charge in [0.15, 0.2) is 0 Å². The summed E-state index contributed by atoms with van der Waals surface area (Å²) >= 11 is 0. The van der Waals surface area contributed by atoms with Gasteiger partial charge in [-0.2, -0.15) is 0 Å². The number of pyridine rings is 1. The third-order valence-corrected chi connectivity index (χ3v) is 7.68. The SMILES string of the molecule is CCS(=O)(=O)Nc1cccc2c(Oc3ncccc3-c3ccnc(N[C@H]4CCCNC4)n3)c(C)ccc12. The highest BCUT2D eigenvalue weighted by atomic mass is 32.2. The lowest BCUT2D eigenvalue weighted by atomic mass is 10.0. The van der Waals surface area contributed by atoms with E-state index >= 15 is 0 Å². The molecule has 10 heteroatoms. The van der Waals surface area contributed by atoms with E-state index in [2.05, 4.69) is 25.3 Å². The highest BCUT2D eigenvalue weighted by Crippen LogP contribution is 2.38. The lowest BCUT2D eigenvalue weighted by molar-refractivity contribution is 0.466. The molecule has 192 valence electrons. The molecule has 5 rings (SSSR count). The fraction of sp³-hybridized carbons (Fsp3) is 0.296. The number of benzene rings is 2.